The number of aryl methyl sites for hydroxylation is 1. The highest BCUT2D eigenvalue weighted by Crippen LogP contribution is 2.25. The lowest BCUT2D eigenvalue weighted by Gasteiger charge is -2.33. The van der Waals surface area contributed by atoms with Crippen molar-refractivity contribution < 1.29 is 13.2 Å². The summed E-state index contributed by atoms with van der Waals surface area (Å²) < 4.78 is 23.3. The smallest absolute Gasteiger partial charge is 0.262 e. The van der Waals surface area contributed by atoms with E-state index in [1.54, 1.807) is 17.0 Å². The molecular formula is C14H18ClNO3S. The minimum absolute atomic E-state index is 0.104. The Labute approximate surface area is 124 Å². The fourth-order valence-electron chi connectivity index (χ4n) is 2.58. The lowest BCUT2D eigenvalue weighted by atomic mass is 10.0. The first kappa shape index (κ1) is 15.3. The predicted octanol–water partition coefficient (Wildman–Crippen LogP) is 2.94. The normalized spacial score (nSPS) is 19.9. The third-order valence-electron chi connectivity index (χ3n) is 3.69. The van der Waals surface area contributed by atoms with Gasteiger partial charge in [0.2, 0.25) is 0 Å². The summed E-state index contributed by atoms with van der Waals surface area (Å²) in [6, 6.07) is 4.77. The number of carbonyl (C=O) groups is 1. The van der Waals surface area contributed by atoms with Gasteiger partial charge in [0.15, 0.2) is 0 Å². The molecule has 1 aliphatic heterocycles. The number of nitrogens with zero attached hydrogens (tertiary/aromatic N) is 1. The fraction of sp³-hybridized carbons (Fsp3) is 0.500. The summed E-state index contributed by atoms with van der Waals surface area (Å²) in [4.78, 5) is 14.3. The van der Waals surface area contributed by atoms with E-state index in [9.17, 15) is 13.2 Å². The van der Waals surface area contributed by atoms with E-state index < -0.39 is 9.05 Å². The van der Waals surface area contributed by atoms with Crippen LogP contribution >= 0.6 is 10.7 Å². The zero-order valence-corrected chi connectivity index (χ0v) is 13.2. The number of carbonyl (C=O) groups excluding carboxylic acids is 1. The SMILES string of the molecule is Cc1ccc(S(=O)(=O)Cl)c(C(=O)N2CCCCC2C)c1. The molecule has 1 heterocycles. The van der Waals surface area contributed by atoms with Crippen molar-refractivity contribution in [2.24, 2.45) is 0 Å². The molecule has 20 heavy (non-hydrogen) atoms. The second-order valence-electron chi connectivity index (χ2n) is 5.28. The maximum atomic E-state index is 12.6. The van der Waals surface area contributed by atoms with E-state index in [-0.39, 0.29) is 22.4 Å². The van der Waals surface area contributed by atoms with Crippen molar-refractivity contribution in [2.75, 3.05) is 6.54 Å². The van der Waals surface area contributed by atoms with E-state index in [2.05, 4.69) is 0 Å². The lowest BCUT2D eigenvalue weighted by Crippen LogP contribution is -2.42. The molecule has 0 radical (unpaired) electrons. The van der Waals surface area contributed by atoms with Crippen LogP contribution in [-0.2, 0) is 9.05 Å². The molecule has 1 fully saturated rings. The van der Waals surface area contributed by atoms with Crippen molar-refractivity contribution in [3.05, 3.63) is 29.3 Å². The Hall–Kier alpha value is -1.07. The second kappa shape index (κ2) is 5.74. The molecule has 0 saturated carbocycles. The standard InChI is InChI=1S/C14H18ClNO3S/c1-10-6-7-13(20(15,18)19)12(9-10)14(17)16-8-4-3-5-11(16)2/h6-7,9,11H,3-5,8H2,1-2H3. The van der Waals surface area contributed by atoms with Crippen LogP contribution < -0.4 is 0 Å². The maximum absolute atomic E-state index is 12.6. The van der Waals surface area contributed by atoms with Crippen LogP contribution in [0.2, 0.25) is 0 Å². The third kappa shape index (κ3) is 3.15. The summed E-state index contributed by atoms with van der Waals surface area (Å²) in [6.45, 7) is 4.47. The molecule has 0 bridgehead atoms. The van der Waals surface area contributed by atoms with E-state index in [0.29, 0.717) is 6.54 Å². The number of hydrogen-bond donors (Lipinski definition) is 0. The highest BCUT2D eigenvalue weighted by molar-refractivity contribution is 8.13. The topological polar surface area (TPSA) is 54.5 Å². The van der Waals surface area contributed by atoms with Gasteiger partial charge in [0, 0.05) is 23.3 Å². The molecular weight excluding hydrogens is 298 g/mol. The first-order valence-electron chi connectivity index (χ1n) is 6.67. The van der Waals surface area contributed by atoms with Crippen molar-refractivity contribution in [3.63, 3.8) is 0 Å². The number of benzene rings is 1. The molecule has 1 unspecified atom stereocenters. The number of amides is 1. The maximum Gasteiger partial charge on any atom is 0.262 e. The van der Waals surface area contributed by atoms with Gasteiger partial charge in [0.25, 0.3) is 15.0 Å². The molecule has 0 aromatic heterocycles. The Balaban J connectivity index is 2.46. The van der Waals surface area contributed by atoms with Gasteiger partial charge in [-0.15, -0.1) is 0 Å². The van der Waals surface area contributed by atoms with Crippen LogP contribution in [-0.4, -0.2) is 31.8 Å². The number of rotatable bonds is 2. The van der Waals surface area contributed by atoms with Crippen LogP contribution in [0.3, 0.4) is 0 Å². The molecule has 110 valence electrons. The Morgan fingerprint density at radius 3 is 2.65 bits per heavy atom. The van der Waals surface area contributed by atoms with Crippen LogP contribution in [0.15, 0.2) is 23.1 Å². The molecule has 1 aliphatic rings. The van der Waals surface area contributed by atoms with Crippen LogP contribution in [0.4, 0.5) is 0 Å². The lowest BCUT2D eigenvalue weighted by molar-refractivity contribution is 0.0631. The number of halogens is 1. The Bertz CT molecular complexity index is 627. The van der Waals surface area contributed by atoms with Crippen LogP contribution in [0.5, 0.6) is 0 Å². The second-order valence-corrected chi connectivity index (χ2v) is 7.82. The third-order valence-corrected chi connectivity index (χ3v) is 5.07. The van der Waals surface area contributed by atoms with Crippen LogP contribution in [0.25, 0.3) is 0 Å². The zero-order chi connectivity index (χ0) is 14.9. The van der Waals surface area contributed by atoms with E-state index in [4.69, 9.17) is 10.7 Å². The zero-order valence-electron chi connectivity index (χ0n) is 11.6. The van der Waals surface area contributed by atoms with Crippen molar-refractivity contribution in [2.45, 2.75) is 44.0 Å². The Morgan fingerprint density at radius 2 is 2.05 bits per heavy atom. The molecule has 2 rings (SSSR count). The molecule has 0 aliphatic carbocycles. The molecule has 1 saturated heterocycles. The summed E-state index contributed by atoms with van der Waals surface area (Å²) in [7, 11) is 1.51. The van der Waals surface area contributed by atoms with Crippen molar-refractivity contribution in [1.82, 2.24) is 4.90 Å². The number of likely N-dealkylation sites (tertiary alicyclic amines) is 1. The van der Waals surface area contributed by atoms with Gasteiger partial charge >= 0.3 is 0 Å². The predicted molar refractivity (Wildman–Crippen MR) is 78.6 cm³/mol. The summed E-state index contributed by atoms with van der Waals surface area (Å²) in [5.74, 6) is -0.250. The molecule has 0 spiro atoms. The molecule has 0 N–H and O–H groups in total. The largest absolute Gasteiger partial charge is 0.336 e. The molecule has 1 atom stereocenters. The van der Waals surface area contributed by atoms with Gasteiger partial charge in [-0.1, -0.05) is 11.6 Å². The van der Waals surface area contributed by atoms with Gasteiger partial charge in [0.05, 0.1) is 10.5 Å². The van der Waals surface area contributed by atoms with Gasteiger partial charge < -0.3 is 4.90 Å². The quantitative estimate of drug-likeness (QED) is 0.788. The van der Waals surface area contributed by atoms with E-state index >= 15 is 0 Å². The van der Waals surface area contributed by atoms with Crippen molar-refractivity contribution in [3.8, 4) is 0 Å². The highest BCUT2D eigenvalue weighted by Gasteiger charge is 2.28. The van der Waals surface area contributed by atoms with E-state index in [0.717, 1.165) is 24.8 Å². The van der Waals surface area contributed by atoms with Gasteiger partial charge in [-0.3, -0.25) is 4.79 Å². The van der Waals surface area contributed by atoms with Gasteiger partial charge in [-0.2, -0.15) is 0 Å². The van der Waals surface area contributed by atoms with Gasteiger partial charge in [-0.25, -0.2) is 8.42 Å². The molecule has 4 nitrogen and oxygen atoms in total. The number of piperidine rings is 1. The minimum atomic E-state index is -3.93. The van der Waals surface area contributed by atoms with E-state index in [1.807, 2.05) is 13.8 Å². The van der Waals surface area contributed by atoms with E-state index in [1.165, 1.54) is 6.07 Å². The summed E-state index contributed by atoms with van der Waals surface area (Å²) in [5.41, 5.74) is 1.01. The monoisotopic (exact) mass is 315 g/mol. The Kier molecular flexibility index (Phi) is 4.39. The molecule has 1 amide bonds. The van der Waals surface area contributed by atoms with Crippen LogP contribution in [0, 0.1) is 6.92 Å². The summed E-state index contributed by atoms with van der Waals surface area (Å²) in [5, 5.41) is 0. The highest BCUT2D eigenvalue weighted by atomic mass is 35.7. The molecule has 1 aromatic carbocycles. The fourth-order valence-corrected chi connectivity index (χ4v) is 3.62. The first-order valence-corrected chi connectivity index (χ1v) is 8.98. The Morgan fingerprint density at radius 1 is 1.35 bits per heavy atom. The van der Waals surface area contributed by atoms with Crippen LogP contribution in [0.1, 0.15) is 42.1 Å². The number of hydrogen-bond acceptors (Lipinski definition) is 3. The van der Waals surface area contributed by atoms with Crippen molar-refractivity contribution in [1.29, 1.82) is 0 Å². The summed E-state index contributed by atoms with van der Waals surface area (Å²) in [6.07, 6.45) is 2.99. The van der Waals surface area contributed by atoms with Gasteiger partial charge in [0.1, 0.15) is 0 Å². The van der Waals surface area contributed by atoms with Gasteiger partial charge in [-0.05, 0) is 45.2 Å². The molecule has 1 aromatic rings. The minimum Gasteiger partial charge on any atom is -0.336 e. The average Bonchev–Trinajstić information content (AvgIpc) is 2.37. The summed E-state index contributed by atoms with van der Waals surface area (Å²) >= 11 is 0. The molecule has 6 heteroatoms. The first-order chi connectivity index (χ1) is 9.30. The average molecular weight is 316 g/mol. The van der Waals surface area contributed by atoms with Crippen molar-refractivity contribution >= 4 is 25.6 Å².